The zero-order valence-corrected chi connectivity index (χ0v) is 16.2. The Morgan fingerprint density at radius 1 is 1.15 bits per heavy atom. The van der Waals surface area contributed by atoms with Crippen molar-refractivity contribution in [2.24, 2.45) is 0 Å². The predicted octanol–water partition coefficient (Wildman–Crippen LogP) is 5.26. The third-order valence-electron chi connectivity index (χ3n) is 5.00. The molecule has 0 aliphatic carbocycles. The van der Waals surface area contributed by atoms with E-state index in [2.05, 4.69) is 11.5 Å². The van der Waals surface area contributed by atoms with Gasteiger partial charge in [-0.15, -0.1) is 0 Å². The maximum atomic E-state index is 13.3. The van der Waals surface area contributed by atoms with Crippen LogP contribution in [0.2, 0.25) is 0 Å². The van der Waals surface area contributed by atoms with Crippen molar-refractivity contribution in [3.05, 3.63) is 65.4 Å². The first-order valence-electron chi connectivity index (χ1n) is 9.59. The number of carbonyl (C=O) groups is 1. The molecule has 142 valence electrons. The number of ether oxygens (including phenoxy) is 1. The normalized spacial score (nSPS) is 12.4. The van der Waals surface area contributed by atoms with Crippen molar-refractivity contribution >= 4 is 16.7 Å². The van der Waals surface area contributed by atoms with Gasteiger partial charge in [0.15, 0.2) is 5.78 Å². The van der Waals surface area contributed by atoms with Gasteiger partial charge in [-0.25, -0.2) is 0 Å². The van der Waals surface area contributed by atoms with E-state index in [1.54, 1.807) is 12.1 Å². The molecular weight excluding hydrogens is 338 g/mol. The number of aromatic nitrogens is 1. The van der Waals surface area contributed by atoms with Gasteiger partial charge in [-0.1, -0.05) is 43.7 Å². The smallest absolute Gasteiger partial charge is 0.195 e. The van der Waals surface area contributed by atoms with E-state index in [1.807, 2.05) is 50.2 Å². The molecule has 1 N–H and O–H groups in total. The number of hydrogen-bond donors (Lipinski definition) is 1. The first-order chi connectivity index (χ1) is 13.1. The number of nitrogens with zero attached hydrogens (tertiary/aromatic N) is 1. The van der Waals surface area contributed by atoms with Gasteiger partial charge >= 0.3 is 0 Å². The van der Waals surface area contributed by atoms with Crippen LogP contribution in [-0.4, -0.2) is 28.7 Å². The Morgan fingerprint density at radius 3 is 2.56 bits per heavy atom. The molecule has 27 heavy (non-hydrogen) atoms. The average molecular weight is 365 g/mol. The molecule has 1 aromatic heterocycles. The fourth-order valence-electron chi connectivity index (χ4n) is 3.80. The summed E-state index contributed by atoms with van der Waals surface area (Å²) in [5.74, 6) is 0.146. The SMILES string of the molecule is CCCC(COCC)n1c(C)c(C(=O)c2ccccc2)c2cc(O)ccc21. The molecule has 0 spiro atoms. The lowest BCUT2D eigenvalue weighted by Gasteiger charge is -2.21. The Kier molecular flexibility index (Phi) is 5.97. The molecule has 3 rings (SSSR count). The summed E-state index contributed by atoms with van der Waals surface area (Å²) in [6.45, 7) is 7.40. The van der Waals surface area contributed by atoms with Gasteiger partial charge < -0.3 is 14.4 Å². The third-order valence-corrected chi connectivity index (χ3v) is 5.00. The Labute approximate surface area is 160 Å². The lowest BCUT2D eigenvalue weighted by atomic mass is 10.0. The molecule has 2 aromatic carbocycles. The lowest BCUT2D eigenvalue weighted by Crippen LogP contribution is -2.17. The molecule has 1 atom stereocenters. The van der Waals surface area contributed by atoms with E-state index in [4.69, 9.17) is 4.74 Å². The maximum Gasteiger partial charge on any atom is 0.195 e. The molecule has 0 fully saturated rings. The summed E-state index contributed by atoms with van der Waals surface area (Å²) < 4.78 is 7.94. The van der Waals surface area contributed by atoms with Crippen molar-refractivity contribution in [1.29, 1.82) is 0 Å². The molecule has 4 heteroatoms. The fourth-order valence-corrected chi connectivity index (χ4v) is 3.80. The van der Waals surface area contributed by atoms with Crippen molar-refractivity contribution in [1.82, 2.24) is 4.57 Å². The van der Waals surface area contributed by atoms with Crippen LogP contribution in [0.4, 0.5) is 0 Å². The number of phenols is 1. The third kappa shape index (κ3) is 3.76. The van der Waals surface area contributed by atoms with Gasteiger partial charge in [0, 0.05) is 28.8 Å². The standard InChI is InChI=1S/C23H27NO3/c1-4-9-18(15-27-5-2)24-16(3)22(20-14-19(25)12-13-21(20)24)23(26)17-10-7-6-8-11-17/h6-8,10-14,18,25H,4-5,9,15H2,1-3H3. The van der Waals surface area contributed by atoms with Gasteiger partial charge in [0.05, 0.1) is 18.2 Å². The summed E-state index contributed by atoms with van der Waals surface area (Å²) in [6, 6.07) is 14.7. The highest BCUT2D eigenvalue weighted by atomic mass is 16.5. The van der Waals surface area contributed by atoms with E-state index in [-0.39, 0.29) is 17.6 Å². The molecular formula is C23H27NO3. The van der Waals surface area contributed by atoms with Crippen molar-refractivity contribution < 1.29 is 14.6 Å². The van der Waals surface area contributed by atoms with E-state index >= 15 is 0 Å². The van der Waals surface area contributed by atoms with Crippen LogP contribution in [0.1, 0.15) is 54.3 Å². The summed E-state index contributed by atoms with van der Waals surface area (Å²) in [5.41, 5.74) is 3.19. The van der Waals surface area contributed by atoms with Gasteiger partial charge in [0.25, 0.3) is 0 Å². The Hall–Kier alpha value is -2.59. The van der Waals surface area contributed by atoms with Crippen LogP contribution in [0, 0.1) is 6.92 Å². The molecule has 4 nitrogen and oxygen atoms in total. The van der Waals surface area contributed by atoms with E-state index in [0.29, 0.717) is 24.3 Å². The van der Waals surface area contributed by atoms with E-state index in [9.17, 15) is 9.90 Å². The second-order valence-electron chi connectivity index (χ2n) is 6.83. The number of ketones is 1. The predicted molar refractivity (Wildman–Crippen MR) is 109 cm³/mol. The van der Waals surface area contributed by atoms with Gasteiger partial charge in [-0.05, 0) is 38.5 Å². The van der Waals surface area contributed by atoms with Crippen molar-refractivity contribution in [3.8, 4) is 5.75 Å². The largest absolute Gasteiger partial charge is 0.508 e. The molecule has 0 bridgehead atoms. The highest BCUT2D eigenvalue weighted by Crippen LogP contribution is 2.34. The first kappa shape index (κ1) is 19.2. The number of carbonyl (C=O) groups excluding carboxylic acids is 1. The van der Waals surface area contributed by atoms with Gasteiger partial charge in [0.1, 0.15) is 5.75 Å². The molecule has 0 saturated heterocycles. The minimum absolute atomic E-state index is 0.0193. The molecule has 0 radical (unpaired) electrons. The number of phenolic OH excluding ortho intramolecular Hbond substituents is 1. The highest BCUT2D eigenvalue weighted by Gasteiger charge is 2.25. The second kappa shape index (κ2) is 8.40. The quantitative estimate of drug-likeness (QED) is 0.554. The molecule has 1 heterocycles. The van der Waals surface area contributed by atoms with Gasteiger partial charge in [-0.2, -0.15) is 0 Å². The lowest BCUT2D eigenvalue weighted by molar-refractivity contribution is 0.103. The Morgan fingerprint density at radius 2 is 1.89 bits per heavy atom. The van der Waals surface area contributed by atoms with E-state index in [0.717, 1.165) is 29.4 Å². The minimum atomic E-state index is -0.0193. The molecule has 0 amide bonds. The molecule has 0 aliphatic heterocycles. The van der Waals surface area contributed by atoms with Crippen LogP contribution in [0.25, 0.3) is 10.9 Å². The number of fused-ring (bicyclic) bond motifs is 1. The topological polar surface area (TPSA) is 51.5 Å². The first-order valence-corrected chi connectivity index (χ1v) is 9.59. The van der Waals surface area contributed by atoms with Crippen LogP contribution in [-0.2, 0) is 4.74 Å². The zero-order chi connectivity index (χ0) is 19.4. The minimum Gasteiger partial charge on any atom is -0.508 e. The van der Waals surface area contributed by atoms with Crippen LogP contribution in [0.5, 0.6) is 5.75 Å². The molecule has 0 saturated carbocycles. The van der Waals surface area contributed by atoms with E-state index in [1.165, 1.54) is 0 Å². The van der Waals surface area contributed by atoms with Crippen molar-refractivity contribution in [2.45, 2.75) is 39.7 Å². The van der Waals surface area contributed by atoms with Crippen LogP contribution < -0.4 is 0 Å². The van der Waals surface area contributed by atoms with Gasteiger partial charge in [-0.3, -0.25) is 4.79 Å². The summed E-state index contributed by atoms with van der Waals surface area (Å²) in [5, 5.41) is 10.8. The van der Waals surface area contributed by atoms with Crippen LogP contribution in [0.3, 0.4) is 0 Å². The van der Waals surface area contributed by atoms with Gasteiger partial charge in [0.2, 0.25) is 0 Å². The molecule has 0 aliphatic rings. The number of aromatic hydroxyl groups is 1. The van der Waals surface area contributed by atoms with Crippen LogP contribution in [0.15, 0.2) is 48.5 Å². The second-order valence-corrected chi connectivity index (χ2v) is 6.83. The Balaban J connectivity index is 2.21. The summed E-state index contributed by atoms with van der Waals surface area (Å²) in [4.78, 5) is 13.3. The average Bonchev–Trinajstić information content (AvgIpc) is 2.96. The summed E-state index contributed by atoms with van der Waals surface area (Å²) >= 11 is 0. The number of hydrogen-bond acceptors (Lipinski definition) is 3. The molecule has 1 unspecified atom stereocenters. The maximum absolute atomic E-state index is 13.3. The monoisotopic (exact) mass is 365 g/mol. The summed E-state index contributed by atoms with van der Waals surface area (Å²) in [7, 11) is 0. The summed E-state index contributed by atoms with van der Waals surface area (Å²) in [6.07, 6.45) is 1.99. The fraction of sp³-hybridized carbons (Fsp3) is 0.348. The highest BCUT2D eigenvalue weighted by molar-refractivity contribution is 6.17. The molecule has 3 aromatic rings. The van der Waals surface area contributed by atoms with E-state index < -0.39 is 0 Å². The van der Waals surface area contributed by atoms with Crippen molar-refractivity contribution in [3.63, 3.8) is 0 Å². The number of rotatable bonds is 8. The van der Waals surface area contributed by atoms with Crippen LogP contribution >= 0.6 is 0 Å². The number of benzene rings is 2. The van der Waals surface area contributed by atoms with Crippen molar-refractivity contribution in [2.75, 3.05) is 13.2 Å². The Bertz CT molecular complexity index is 928. The zero-order valence-electron chi connectivity index (χ0n) is 16.2.